The Labute approximate surface area is 143 Å². The second-order valence-corrected chi connectivity index (χ2v) is 7.08. The molecule has 0 atom stereocenters. The van der Waals surface area contributed by atoms with Gasteiger partial charge in [0.2, 0.25) is 0 Å². The average Bonchev–Trinajstić information content (AvgIpc) is 3.08. The van der Waals surface area contributed by atoms with Crippen LogP contribution in [0.4, 0.5) is 0 Å². The lowest BCUT2D eigenvalue weighted by Gasteiger charge is -2.24. The third-order valence-corrected chi connectivity index (χ3v) is 5.30. The van der Waals surface area contributed by atoms with Crippen molar-refractivity contribution in [1.29, 1.82) is 0 Å². The summed E-state index contributed by atoms with van der Waals surface area (Å²) < 4.78 is 5.93. The molecule has 0 saturated heterocycles. The molecule has 0 bridgehead atoms. The fourth-order valence-electron chi connectivity index (χ4n) is 3.74. The topological polar surface area (TPSA) is 22.1 Å². The number of hydrogen-bond donors (Lipinski definition) is 0. The van der Waals surface area contributed by atoms with Crippen LogP contribution in [0.25, 0.3) is 10.9 Å². The first kappa shape index (κ1) is 15.2. The fraction of sp³-hybridized carbons (Fsp3) is 0.318. The number of aromatic nitrogens is 1. The van der Waals surface area contributed by atoms with Crippen molar-refractivity contribution in [3.05, 3.63) is 71.9 Å². The van der Waals surface area contributed by atoms with Crippen molar-refractivity contribution in [2.75, 3.05) is 0 Å². The minimum absolute atomic E-state index is 0.360. The Kier molecular flexibility index (Phi) is 3.97. The van der Waals surface area contributed by atoms with Crippen LogP contribution < -0.4 is 4.74 Å². The fourth-order valence-corrected chi connectivity index (χ4v) is 3.74. The first-order chi connectivity index (χ1) is 11.7. The van der Waals surface area contributed by atoms with E-state index in [0.29, 0.717) is 12.0 Å². The molecule has 1 aliphatic rings. The van der Waals surface area contributed by atoms with E-state index in [9.17, 15) is 0 Å². The second-order valence-electron chi connectivity index (χ2n) is 7.08. The van der Waals surface area contributed by atoms with E-state index in [2.05, 4.69) is 48.3 Å². The van der Waals surface area contributed by atoms with Crippen LogP contribution in [0.5, 0.6) is 5.75 Å². The summed E-state index contributed by atoms with van der Waals surface area (Å²) in [6.45, 7) is 2.89. The first-order valence-corrected chi connectivity index (χ1v) is 8.81. The molecule has 1 heterocycles. The van der Waals surface area contributed by atoms with Crippen molar-refractivity contribution >= 4 is 10.9 Å². The molecule has 2 heteroatoms. The van der Waals surface area contributed by atoms with Gasteiger partial charge in [-0.2, -0.15) is 0 Å². The molecule has 0 radical (unpaired) electrons. The van der Waals surface area contributed by atoms with Gasteiger partial charge in [0.25, 0.3) is 0 Å². The molecule has 0 aliphatic heterocycles. The summed E-state index contributed by atoms with van der Waals surface area (Å²) in [6, 6.07) is 21.0. The zero-order chi connectivity index (χ0) is 16.4. The van der Waals surface area contributed by atoms with Crippen LogP contribution in [0.15, 0.2) is 60.7 Å². The Balaban J connectivity index is 1.45. The molecule has 2 aromatic carbocycles. The third kappa shape index (κ3) is 3.01. The van der Waals surface area contributed by atoms with Crippen LogP contribution in [0.1, 0.15) is 43.9 Å². The molecule has 24 heavy (non-hydrogen) atoms. The van der Waals surface area contributed by atoms with Crippen LogP contribution in [0.2, 0.25) is 0 Å². The molecule has 0 N–H and O–H groups in total. The maximum absolute atomic E-state index is 5.93. The van der Waals surface area contributed by atoms with Crippen molar-refractivity contribution in [3.8, 4) is 5.75 Å². The number of ether oxygens (including phenoxy) is 1. The molecular weight excluding hydrogens is 294 g/mol. The van der Waals surface area contributed by atoms with Gasteiger partial charge in [0.1, 0.15) is 12.4 Å². The van der Waals surface area contributed by atoms with Gasteiger partial charge >= 0.3 is 0 Å². The zero-order valence-corrected chi connectivity index (χ0v) is 14.2. The summed E-state index contributed by atoms with van der Waals surface area (Å²) in [5.74, 6) is 0.912. The number of pyridine rings is 1. The number of nitrogens with zero attached hydrogens (tertiary/aromatic N) is 1. The first-order valence-electron chi connectivity index (χ1n) is 8.81. The maximum atomic E-state index is 5.93. The third-order valence-electron chi connectivity index (χ3n) is 5.30. The molecule has 1 fully saturated rings. The van der Waals surface area contributed by atoms with Gasteiger partial charge in [0.15, 0.2) is 0 Å². The van der Waals surface area contributed by atoms with Gasteiger partial charge in [-0.3, -0.25) is 0 Å². The van der Waals surface area contributed by atoms with Crippen LogP contribution >= 0.6 is 0 Å². The highest BCUT2D eigenvalue weighted by Crippen LogP contribution is 2.40. The van der Waals surface area contributed by atoms with Gasteiger partial charge in [0.05, 0.1) is 11.2 Å². The van der Waals surface area contributed by atoms with E-state index in [-0.39, 0.29) is 0 Å². The quantitative estimate of drug-likeness (QED) is 0.620. The molecule has 2 nitrogen and oxygen atoms in total. The number of benzene rings is 2. The molecule has 1 aromatic heterocycles. The monoisotopic (exact) mass is 317 g/mol. The molecule has 4 rings (SSSR count). The van der Waals surface area contributed by atoms with Gasteiger partial charge in [-0.05, 0) is 48.1 Å². The standard InChI is InChI=1S/C22H23NO/c1-22(14-4-5-15-22)18-9-12-20(13-10-18)24-16-19-11-8-17-6-2-3-7-21(17)23-19/h2-3,6-13H,4-5,14-16H2,1H3. The summed E-state index contributed by atoms with van der Waals surface area (Å²) in [5.41, 5.74) is 3.78. The van der Waals surface area contributed by atoms with E-state index >= 15 is 0 Å². The summed E-state index contributed by atoms with van der Waals surface area (Å²) in [6.07, 6.45) is 5.30. The molecule has 0 spiro atoms. The molecule has 0 amide bonds. The van der Waals surface area contributed by atoms with Crippen molar-refractivity contribution in [2.24, 2.45) is 0 Å². The predicted octanol–water partition coefficient (Wildman–Crippen LogP) is 5.65. The van der Waals surface area contributed by atoms with E-state index in [1.807, 2.05) is 24.3 Å². The summed E-state index contributed by atoms with van der Waals surface area (Å²) in [7, 11) is 0. The zero-order valence-electron chi connectivity index (χ0n) is 14.2. The molecule has 3 aromatic rings. The molecule has 122 valence electrons. The lowest BCUT2D eigenvalue weighted by Crippen LogP contribution is -2.16. The van der Waals surface area contributed by atoms with E-state index < -0.39 is 0 Å². The predicted molar refractivity (Wildman–Crippen MR) is 98.3 cm³/mol. The minimum atomic E-state index is 0.360. The van der Waals surface area contributed by atoms with Crippen LogP contribution in [0.3, 0.4) is 0 Å². The second kappa shape index (κ2) is 6.27. The largest absolute Gasteiger partial charge is 0.487 e. The van der Waals surface area contributed by atoms with Crippen LogP contribution in [-0.4, -0.2) is 4.98 Å². The van der Waals surface area contributed by atoms with E-state index in [4.69, 9.17) is 4.74 Å². The van der Waals surface area contributed by atoms with E-state index in [0.717, 1.165) is 22.3 Å². The van der Waals surface area contributed by atoms with Crippen molar-refractivity contribution in [3.63, 3.8) is 0 Å². The highest BCUT2D eigenvalue weighted by atomic mass is 16.5. The maximum Gasteiger partial charge on any atom is 0.130 e. The van der Waals surface area contributed by atoms with Crippen molar-refractivity contribution < 1.29 is 4.74 Å². The molecule has 1 saturated carbocycles. The van der Waals surface area contributed by atoms with Crippen LogP contribution in [-0.2, 0) is 12.0 Å². The molecule has 1 aliphatic carbocycles. The van der Waals surface area contributed by atoms with Gasteiger partial charge < -0.3 is 4.74 Å². The van der Waals surface area contributed by atoms with Gasteiger partial charge in [-0.25, -0.2) is 4.98 Å². The van der Waals surface area contributed by atoms with Crippen LogP contribution in [0, 0.1) is 0 Å². The highest BCUT2D eigenvalue weighted by Gasteiger charge is 2.30. The number of hydrogen-bond acceptors (Lipinski definition) is 2. The van der Waals surface area contributed by atoms with Gasteiger partial charge in [-0.1, -0.05) is 56.2 Å². The minimum Gasteiger partial charge on any atom is -0.487 e. The van der Waals surface area contributed by atoms with Crippen molar-refractivity contribution in [1.82, 2.24) is 4.98 Å². The average molecular weight is 317 g/mol. The Bertz CT molecular complexity index is 832. The Morgan fingerprint density at radius 3 is 2.46 bits per heavy atom. The lowest BCUT2D eigenvalue weighted by molar-refractivity contribution is 0.301. The summed E-state index contributed by atoms with van der Waals surface area (Å²) >= 11 is 0. The number of para-hydroxylation sites is 1. The number of rotatable bonds is 4. The highest BCUT2D eigenvalue weighted by molar-refractivity contribution is 5.78. The normalized spacial score (nSPS) is 16.4. The SMILES string of the molecule is CC1(c2ccc(OCc3ccc4ccccc4n3)cc2)CCCC1. The van der Waals surface area contributed by atoms with Crippen molar-refractivity contribution in [2.45, 2.75) is 44.6 Å². The Hall–Kier alpha value is -2.35. The molecular formula is C22H23NO. The summed E-state index contributed by atoms with van der Waals surface area (Å²) in [5, 5.41) is 1.16. The van der Waals surface area contributed by atoms with E-state index in [1.165, 1.54) is 31.2 Å². The van der Waals surface area contributed by atoms with E-state index in [1.54, 1.807) is 0 Å². The smallest absolute Gasteiger partial charge is 0.130 e. The number of fused-ring (bicyclic) bond motifs is 1. The summed E-state index contributed by atoms with van der Waals surface area (Å²) in [4.78, 5) is 4.66. The Morgan fingerprint density at radius 2 is 1.67 bits per heavy atom. The Morgan fingerprint density at radius 1 is 0.917 bits per heavy atom. The lowest BCUT2D eigenvalue weighted by atomic mass is 9.81. The van der Waals surface area contributed by atoms with Gasteiger partial charge in [-0.15, -0.1) is 0 Å². The molecule has 0 unspecified atom stereocenters. The van der Waals surface area contributed by atoms with Gasteiger partial charge in [0, 0.05) is 5.39 Å².